The molecule has 236 valence electrons. The average molecular weight is 622 g/mol. The monoisotopic (exact) mass is 621 g/mol. The van der Waals surface area contributed by atoms with E-state index >= 15 is 0 Å². The number of quaternary nitrogens is 1. The molecule has 4 nitrogen and oxygen atoms in total. The highest BCUT2D eigenvalue weighted by Crippen LogP contribution is 2.44. The minimum atomic E-state index is 0.0975. The van der Waals surface area contributed by atoms with Crippen LogP contribution in [0.2, 0.25) is 0 Å². The van der Waals surface area contributed by atoms with Crippen LogP contribution < -0.4 is 0 Å². The fraction of sp³-hybridized carbons (Fsp3) is 0.622. The number of unbranched alkanes of at least 4 members (excludes halogenated alkanes) is 3. The van der Waals surface area contributed by atoms with Crippen molar-refractivity contribution in [2.24, 2.45) is 0 Å². The average Bonchev–Trinajstić information content (AvgIpc) is 3.80. The lowest BCUT2D eigenvalue weighted by Crippen LogP contribution is -2.48. The van der Waals surface area contributed by atoms with E-state index in [0.29, 0.717) is 0 Å². The predicted molar refractivity (Wildman–Crippen MR) is 191 cm³/mol. The van der Waals surface area contributed by atoms with E-state index in [4.69, 9.17) is 10.2 Å². The zero-order chi connectivity index (χ0) is 31.3. The molecule has 0 unspecified atom stereocenters. The first kappa shape index (κ1) is 33.9. The first-order chi connectivity index (χ1) is 20.6. The van der Waals surface area contributed by atoms with Crippen molar-refractivity contribution < 1.29 is 4.48 Å². The molecule has 0 aliphatic carbocycles. The topological polar surface area (TPSA) is 30.7 Å². The van der Waals surface area contributed by atoms with Gasteiger partial charge in [0.25, 0.3) is 0 Å². The lowest BCUT2D eigenvalue weighted by atomic mass is 9.77. The lowest BCUT2D eigenvalue weighted by molar-refractivity contribution is -0.923. The van der Waals surface area contributed by atoms with Crippen LogP contribution in [0.3, 0.4) is 0 Å². The number of hydrogen-bond acceptors (Lipinski definition) is 4. The minimum Gasteiger partial charge on any atom is -0.324 e. The van der Waals surface area contributed by atoms with Crippen LogP contribution in [0.4, 0.5) is 0 Å². The second kappa shape index (κ2) is 14.4. The first-order valence-corrected chi connectivity index (χ1v) is 18.7. The molecule has 3 heterocycles. The molecule has 0 amide bonds. The molecule has 6 heteroatoms. The fourth-order valence-corrected chi connectivity index (χ4v) is 8.58. The molecule has 0 radical (unpaired) electrons. The summed E-state index contributed by atoms with van der Waals surface area (Å²) in [6, 6.07) is 13.9. The normalized spacial score (nSPS) is 13.0. The Morgan fingerprint density at radius 2 is 1.26 bits per heavy atom. The summed E-state index contributed by atoms with van der Waals surface area (Å²) < 4.78 is 1.25. The van der Waals surface area contributed by atoms with Crippen LogP contribution in [-0.4, -0.2) is 45.7 Å². The second-order valence-electron chi connectivity index (χ2n) is 13.4. The predicted octanol–water partition coefficient (Wildman–Crippen LogP) is 11.1. The lowest BCUT2D eigenvalue weighted by Gasteiger charge is -2.35. The van der Waals surface area contributed by atoms with E-state index < -0.39 is 0 Å². The van der Waals surface area contributed by atoms with Crippen LogP contribution >= 0.6 is 22.7 Å². The number of rotatable bonds is 17. The van der Waals surface area contributed by atoms with Crippen molar-refractivity contribution in [3.05, 3.63) is 46.8 Å². The molecule has 0 fully saturated rings. The summed E-state index contributed by atoms with van der Waals surface area (Å²) in [5.74, 6) is 0. The van der Waals surface area contributed by atoms with E-state index in [0.717, 1.165) is 43.3 Å². The molecule has 4 aromatic rings. The molecular weight excluding hydrogens is 565 g/mol. The molecule has 1 aromatic carbocycles. The molecule has 0 aliphatic heterocycles. The maximum absolute atomic E-state index is 5.17. The van der Waals surface area contributed by atoms with E-state index in [-0.39, 0.29) is 10.8 Å². The molecule has 3 aromatic heterocycles. The molecule has 4 rings (SSSR count). The Hall–Kier alpha value is -2.02. The zero-order valence-corrected chi connectivity index (χ0v) is 30.2. The van der Waals surface area contributed by atoms with Crippen molar-refractivity contribution in [2.75, 3.05) is 26.2 Å². The van der Waals surface area contributed by atoms with Gasteiger partial charge in [-0.25, -0.2) is 0 Å². The minimum absolute atomic E-state index is 0.0975. The number of benzene rings is 1. The first-order valence-electron chi connectivity index (χ1n) is 17.0. The van der Waals surface area contributed by atoms with Crippen LogP contribution in [0.25, 0.3) is 31.2 Å². The van der Waals surface area contributed by atoms with Gasteiger partial charge in [-0.15, -0.1) is 22.7 Å². The Kier molecular flexibility index (Phi) is 11.3. The Morgan fingerprint density at radius 3 is 1.91 bits per heavy atom. The van der Waals surface area contributed by atoms with Crippen molar-refractivity contribution >= 4 is 33.7 Å². The third-order valence-corrected chi connectivity index (χ3v) is 13.6. The van der Waals surface area contributed by atoms with Crippen LogP contribution in [0, 0.1) is 0 Å². The number of fused-ring (bicyclic) bond motifs is 1. The molecule has 0 N–H and O–H groups in total. The Morgan fingerprint density at radius 1 is 0.651 bits per heavy atom. The highest BCUT2D eigenvalue weighted by atomic mass is 32.1. The van der Waals surface area contributed by atoms with E-state index in [1.807, 2.05) is 27.5 Å². The molecule has 0 atom stereocenters. The van der Waals surface area contributed by atoms with Crippen molar-refractivity contribution in [2.45, 2.75) is 125 Å². The zero-order valence-electron chi connectivity index (χ0n) is 28.6. The van der Waals surface area contributed by atoms with Gasteiger partial charge in [-0.2, -0.15) is 15.0 Å². The van der Waals surface area contributed by atoms with Gasteiger partial charge < -0.3 is 4.48 Å². The SMILES string of the molecule is CCC(C)(C)c1ccc(-c2ccc(-c3ccc(C(C)(CC)CC)c4nn(CCCCCC[N+](CC)(CC)CC)nc34)s2)s1. The van der Waals surface area contributed by atoms with Gasteiger partial charge in [0.2, 0.25) is 0 Å². The van der Waals surface area contributed by atoms with E-state index in [1.165, 1.54) is 80.6 Å². The quantitative estimate of drug-likeness (QED) is 0.0867. The molecule has 43 heavy (non-hydrogen) atoms. The van der Waals surface area contributed by atoms with E-state index in [2.05, 4.69) is 98.7 Å². The van der Waals surface area contributed by atoms with Gasteiger partial charge in [0.1, 0.15) is 11.0 Å². The number of hydrogen-bond donors (Lipinski definition) is 0. The summed E-state index contributed by atoms with van der Waals surface area (Å²) in [4.78, 5) is 7.45. The van der Waals surface area contributed by atoms with Crippen molar-refractivity contribution in [1.29, 1.82) is 0 Å². The van der Waals surface area contributed by atoms with Crippen LogP contribution in [-0.2, 0) is 17.4 Å². The van der Waals surface area contributed by atoms with Gasteiger partial charge in [-0.1, -0.05) is 60.1 Å². The molecule has 0 saturated carbocycles. The summed E-state index contributed by atoms with van der Waals surface area (Å²) in [7, 11) is 0. The molecule has 0 bridgehead atoms. The summed E-state index contributed by atoms with van der Waals surface area (Å²) in [5, 5.41) is 10.3. The molecule has 0 saturated heterocycles. The third-order valence-electron chi connectivity index (χ3n) is 10.8. The van der Waals surface area contributed by atoms with Gasteiger partial charge in [-0.3, -0.25) is 0 Å². The standard InChI is InChI=1S/C37H57N4S2/c1-10-36(7,8)33-25-24-32(43-33)31-23-22-30(42-31)28-20-21-29(37(9,11-2)12-3)35-34(28)38-40(39-35)26-18-16-17-19-27-41(13-4,14-5)15-6/h20-25H,10-19,26-27H2,1-9H3/q+1. The van der Waals surface area contributed by atoms with E-state index in [1.54, 1.807) is 0 Å². The van der Waals surface area contributed by atoms with Gasteiger partial charge in [0.15, 0.2) is 0 Å². The number of aryl methyl sites for hydroxylation is 1. The maximum atomic E-state index is 5.17. The molecule has 0 aliphatic rings. The number of thiophene rings is 2. The summed E-state index contributed by atoms with van der Waals surface area (Å²) in [6.45, 7) is 26.9. The smallest absolute Gasteiger partial charge is 0.122 e. The highest BCUT2D eigenvalue weighted by Gasteiger charge is 2.28. The maximum Gasteiger partial charge on any atom is 0.122 e. The Labute approximate surface area is 270 Å². The van der Waals surface area contributed by atoms with Crippen LogP contribution in [0.5, 0.6) is 0 Å². The highest BCUT2D eigenvalue weighted by molar-refractivity contribution is 7.24. The Balaban J connectivity index is 1.57. The van der Waals surface area contributed by atoms with Crippen LogP contribution in [0.15, 0.2) is 36.4 Å². The third kappa shape index (κ3) is 7.28. The van der Waals surface area contributed by atoms with Crippen molar-refractivity contribution in [1.82, 2.24) is 15.0 Å². The van der Waals surface area contributed by atoms with Gasteiger partial charge >= 0.3 is 0 Å². The van der Waals surface area contributed by atoms with Crippen molar-refractivity contribution in [3.8, 4) is 20.2 Å². The van der Waals surface area contributed by atoms with Crippen molar-refractivity contribution in [3.63, 3.8) is 0 Å². The second-order valence-corrected chi connectivity index (χ2v) is 15.6. The number of nitrogens with zero attached hydrogens (tertiary/aromatic N) is 4. The van der Waals surface area contributed by atoms with E-state index in [9.17, 15) is 0 Å². The van der Waals surface area contributed by atoms with Gasteiger partial charge in [0.05, 0.1) is 32.7 Å². The van der Waals surface area contributed by atoms with Crippen LogP contribution in [0.1, 0.15) is 118 Å². The number of aromatic nitrogens is 3. The summed E-state index contributed by atoms with van der Waals surface area (Å²) in [5.41, 5.74) is 5.04. The molecule has 0 spiro atoms. The largest absolute Gasteiger partial charge is 0.324 e. The summed E-state index contributed by atoms with van der Waals surface area (Å²) >= 11 is 3.83. The molecular formula is C37H57N4S2+. The summed E-state index contributed by atoms with van der Waals surface area (Å²) in [6.07, 6.45) is 8.31. The van der Waals surface area contributed by atoms with Gasteiger partial charge in [0, 0.05) is 25.1 Å². The van der Waals surface area contributed by atoms with Gasteiger partial charge in [-0.05, 0) is 100.0 Å². The Bertz CT molecular complexity index is 1440. The fourth-order valence-electron chi connectivity index (χ4n) is 6.27.